The molecule has 0 saturated heterocycles. The van der Waals surface area contributed by atoms with Gasteiger partial charge in [0.2, 0.25) is 0 Å². The molecule has 0 spiro atoms. The fraction of sp³-hybridized carbons (Fsp3) is 0.0508. The largest absolute Gasteiger partial charge is 0.0622 e. The van der Waals surface area contributed by atoms with Gasteiger partial charge in [-0.2, -0.15) is 0 Å². The molecule has 0 saturated carbocycles. The highest BCUT2D eigenvalue weighted by atomic mass is 14.4. The summed E-state index contributed by atoms with van der Waals surface area (Å²) in [5, 5.41) is 18.1. The second-order valence-electron chi connectivity index (χ2n) is 33.3. The third-order valence-electron chi connectivity index (χ3n) is 25.8. The minimum atomic E-state index is -0.140. The summed E-state index contributed by atoms with van der Waals surface area (Å²) in [6.45, 7) is 9.57. The van der Waals surface area contributed by atoms with Gasteiger partial charge in [0.25, 0.3) is 0 Å². The number of hydrogen-bond acceptors (Lipinski definition) is 0. The molecule has 0 bridgehead atoms. The first-order chi connectivity index (χ1) is 58.0. The maximum Gasteiger partial charge on any atom is 0.0165 e. The lowest BCUT2D eigenvalue weighted by Crippen LogP contribution is -2.15. The molecule has 118 heavy (non-hydrogen) atoms. The standard InChI is InChI=1S/C61H42.C57H40/c1-61(2)56-34-33-43(38-55(56)59-49-23-11-9-21-47(49)48-22-10-16-28-54(48)60(59)61)58-52-26-14-12-24-50(52)57(51-25-13-15-27-53(51)58)42-31-29-41(30-32-42)46-36-44(39-17-5-3-6-18-39)35-45(37-46)40-19-7-4-8-20-40;1-57(2)53-30-29-43(35-51(53)52-34-41-19-9-10-20-42(41)36-54(52)57)56-49-23-13-11-21-47(49)55(48-22-12-14-24-50(48)56)40-27-25-39(26-28-40)46-32-44(37-15-5-3-6-16-37)31-45(33-46)38-17-7-4-8-18-38/h3-38H,1-2H3;3-36H,1-2H3. The monoisotopic (exact) mass is 1500 g/mol. The van der Waals surface area contributed by atoms with E-state index >= 15 is 0 Å². The fourth-order valence-corrected chi connectivity index (χ4v) is 20.2. The molecule has 2 aliphatic carbocycles. The molecule has 23 rings (SSSR count). The van der Waals surface area contributed by atoms with Crippen molar-refractivity contribution >= 4 is 75.4 Å². The molecule has 0 heterocycles. The second kappa shape index (κ2) is 28.2. The highest BCUT2D eigenvalue weighted by Gasteiger charge is 2.40. The van der Waals surface area contributed by atoms with E-state index in [9.17, 15) is 0 Å². The molecule has 0 aromatic heterocycles. The topological polar surface area (TPSA) is 0 Å². The van der Waals surface area contributed by atoms with E-state index < -0.39 is 0 Å². The van der Waals surface area contributed by atoms with Crippen molar-refractivity contribution in [2.24, 2.45) is 0 Å². The van der Waals surface area contributed by atoms with Crippen molar-refractivity contribution in [1.82, 2.24) is 0 Å². The van der Waals surface area contributed by atoms with Gasteiger partial charge in [-0.05, 0) is 292 Å². The minimum Gasteiger partial charge on any atom is -0.0622 e. The van der Waals surface area contributed by atoms with E-state index in [2.05, 4.69) is 452 Å². The number of fused-ring (bicyclic) bond motifs is 16. The van der Waals surface area contributed by atoms with Gasteiger partial charge in [0.15, 0.2) is 0 Å². The Morgan fingerprint density at radius 3 is 0.729 bits per heavy atom. The summed E-state index contributed by atoms with van der Waals surface area (Å²) < 4.78 is 0. The molecule has 2 aliphatic rings. The van der Waals surface area contributed by atoms with E-state index in [1.807, 2.05) is 0 Å². The van der Waals surface area contributed by atoms with Crippen molar-refractivity contribution in [2.75, 3.05) is 0 Å². The van der Waals surface area contributed by atoms with E-state index in [1.165, 1.54) is 231 Å². The Labute approximate surface area is 689 Å². The van der Waals surface area contributed by atoms with Gasteiger partial charge in [-0.3, -0.25) is 0 Å². The van der Waals surface area contributed by atoms with E-state index in [1.54, 1.807) is 0 Å². The van der Waals surface area contributed by atoms with Crippen LogP contribution < -0.4 is 0 Å². The van der Waals surface area contributed by atoms with Crippen molar-refractivity contribution in [3.05, 3.63) is 447 Å². The molecular formula is C118H82. The van der Waals surface area contributed by atoms with Gasteiger partial charge in [0.1, 0.15) is 0 Å². The van der Waals surface area contributed by atoms with Crippen LogP contribution in [0.1, 0.15) is 49.9 Å². The minimum absolute atomic E-state index is 0.0701. The zero-order chi connectivity index (χ0) is 78.7. The van der Waals surface area contributed by atoms with Crippen LogP contribution in [0.15, 0.2) is 425 Å². The third kappa shape index (κ3) is 11.6. The predicted molar refractivity (Wildman–Crippen MR) is 505 cm³/mol. The van der Waals surface area contributed by atoms with Crippen molar-refractivity contribution in [3.8, 4) is 134 Å². The van der Waals surface area contributed by atoms with E-state index in [4.69, 9.17) is 0 Å². The molecule has 0 atom stereocenters. The van der Waals surface area contributed by atoms with E-state index in [0.717, 1.165) is 0 Å². The molecule has 21 aromatic carbocycles. The molecule has 21 aromatic rings. The fourth-order valence-electron chi connectivity index (χ4n) is 20.2. The first kappa shape index (κ1) is 70.1. The predicted octanol–water partition coefficient (Wildman–Crippen LogP) is 32.7. The van der Waals surface area contributed by atoms with Crippen LogP contribution in [-0.2, 0) is 10.8 Å². The van der Waals surface area contributed by atoms with Crippen molar-refractivity contribution in [2.45, 2.75) is 38.5 Å². The third-order valence-corrected chi connectivity index (χ3v) is 25.8. The normalized spacial score (nSPS) is 12.9. The highest BCUT2D eigenvalue weighted by molar-refractivity contribution is 6.24. The maximum atomic E-state index is 2.50. The summed E-state index contributed by atoms with van der Waals surface area (Å²) in [5.74, 6) is 0. The molecule has 0 amide bonds. The lowest BCUT2D eigenvalue weighted by Gasteiger charge is -2.24. The van der Waals surface area contributed by atoms with Crippen LogP contribution >= 0.6 is 0 Å². The summed E-state index contributed by atoms with van der Waals surface area (Å²) in [5.41, 5.74) is 35.5. The van der Waals surface area contributed by atoms with Crippen LogP contribution in [0.3, 0.4) is 0 Å². The smallest absolute Gasteiger partial charge is 0.0165 e. The van der Waals surface area contributed by atoms with Crippen LogP contribution in [0.2, 0.25) is 0 Å². The Morgan fingerprint density at radius 1 is 0.136 bits per heavy atom. The van der Waals surface area contributed by atoms with E-state index in [0.29, 0.717) is 0 Å². The number of rotatable bonds is 10. The number of benzene rings is 21. The first-order valence-corrected chi connectivity index (χ1v) is 41.4. The van der Waals surface area contributed by atoms with Gasteiger partial charge < -0.3 is 0 Å². The summed E-state index contributed by atoms with van der Waals surface area (Å²) in [4.78, 5) is 0. The average Bonchev–Trinajstić information content (AvgIpc) is 1.54. The van der Waals surface area contributed by atoms with Crippen molar-refractivity contribution < 1.29 is 0 Å². The Balaban J connectivity index is 0.000000143. The quantitative estimate of drug-likeness (QED) is 0.0946. The van der Waals surface area contributed by atoms with Crippen LogP contribution in [0.25, 0.3) is 209 Å². The van der Waals surface area contributed by atoms with Gasteiger partial charge in [-0.15, -0.1) is 0 Å². The summed E-state index contributed by atoms with van der Waals surface area (Å²) in [6.07, 6.45) is 0. The zero-order valence-corrected chi connectivity index (χ0v) is 66.4. The van der Waals surface area contributed by atoms with Gasteiger partial charge in [0.05, 0.1) is 0 Å². The zero-order valence-electron chi connectivity index (χ0n) is 66.4. The SMILES string of the molecule is CC1(C)c2ccc(-c3c4ccccc4c(-c4ccc(-c5cc(-c6ccccc6)cc(-c6ccccc6)c5)cc4)c4ccccc34)cc2-c2c1c1ccccc1c1ccccc21.CC1(C)c2ccc(-c3c4ccccc4c(-c4ccc(-c5cc(-c6ccccc6)cc(-c6ccccc6)c5)cc4)c4ccccc34)cc2-c2cc3ccccc3cc21. The Morgan fingerprint density at radius 2 is 0.373 bits per heavy atom. The summed E-state index contributed by atoms with van der Waals surface area (Å²) >= 11 is 0. The van der Waals surface area contributed by atoms with Gasteiger partial charge in [-0.1, -0.05) is 392 Å². The summed E-state index contributed by atoms with van der Waals surface area (Å²) in [6, 6.07) is 157. The molecule has 554 valence electrons. The summed E-state index contributed by atoms with van der Waals surface area (Å²) in [7, 11) is 0. The number of hydrogen-bond donors (Lipinski definition) is 0. The highest BCUT2D eigenvalue weighted by Crippen LogP contribution is 2.58. The van der Waals surface area contributed by atoms with Crippen molar-refractivity contribution in [3.63, 3.8) is 0 Å². The van der Waals surface area contributed by atoms with Crippen molar-refractivity contribution in [1.29, 1.82) is 0 Å². The molecule has 0 unspecified atom stereocenters. The van der Waals surface area contributed by atoms with Crippen LogP contribution in [-0.4, -0.2) is 0 Å². The first-order valence-electron chi connectivity index (χ1n) is 41.4. The lowest BCUT2D eigenvalue weighted by molar-refractivity contribution is 0.661. The van der Waals surface area contributed by atoms with Crippen LogP contribution in [0, 0.1) is 0 Å². The second-order valence-corrected chi connectivity index (χ2v) is 33.3. The van der Waals surface area contributed by atoms with Gasteiger partial charge in [-0.25, -0.2) is 0 Å². The maximum absolute atomic E-state index is 2.50. The molecular weight excluding hydrogens is 1420 g/mol. The van der Waals surface area contributed by atoms with Gasteiger partial charge >= 0.3 is 0 Å². The average molecular weight is 1500 g/mol. The molecule has 0 heteroatoms. The molecule has 0 fully saturated rings. The van der Waals surface area contributed by atoms with Crippen LogP contribution in [0.5, 0.6) is 0 Å². The molecule has 0 N–H and O–H groups in total. The lowest BCUT2D eigenvalue weighted by atomic mass is 9.79. The van der Waals surface area contributed by atoms with Gasteiger partial charge in [0, 0.05) is 10.8 Å². The molecule has 0 radical (unpaired) electrons. The Hall–Kier alpha value is -14.6. The molecule has 0 aliphatic heterocycles. The Bertz CT molecular complexity index is 7360. The van der Waals surface area contributed by atoms with E-state index in [-0.39, 0.29) is 10.8 Å². The van der Waals surface area contributed by atoms with Crippen LogP contribution in [0.4, 0.5) is 0 Å². The Kier molecular flexibility index (Phi) is 16.7. The molecule has 0 nitrogen and oxygen atoms in total.